The average Bonchev–Trinajstić information content (AvgIpc) is 3.38. The minimum atomic E-state index is -0.278. The maximum Gasteiger partial charge on any atom is 0.252 e. The van der Waals surface area contributed by atoms with Crippen LogP contribution < -0.4 is 36.0 Å². The van der Waals surface area contributed by atoms with E-state index in [1.54, 1.807) is 0 Å². The van der Waals surface area contributed by atoms with Crippen LogP contribution in [0, 0.1) is 0 Å². The van der Waals surface area contributed by atoms with E-state index in [-0.39, 0.29) is 28.4 Å². The molecule has 0 aromatic heterocycles. The highest BCUT2D eigenvalue weighted by atomic mass is 15.2. The number of rotatable bonds is 2. The second kappa shape index (κ2) is 13.6. The Kier molecular flexibility index (Phi) is 7.84. The fraction of sp³-hybridized carbons (Fsp3) is 0.182. The molecule has 6 aliphatic rings. The first-order valence-electron chi connectivity index (χ1n) is 25.6. The van der Waals surface area contributed by atoms with Gasteiger partial charge in [0.15, 0.2) is 0 Å². The molecule has 6 aliphatic heterocycles. The average molecular weight is 915 g/mol. The summed E-state index contributed by atoms with van der Waals surface area (Å²) in [6.07, 6.45) is 0. The van der Waals surface area contributed by atoms with Crippen LogP contribution in [0.2, 0.25) is 0 Å². The van der Waals surface area contributed by atoms with Crippen LogP contribution in [0.3, 0.4) is 0 Å². The lowest BCUT2D eigenvalue weighted by Crippen LogP contribution is -2.63. The molecule has 71 heavy (non-hydrogen) atoms. The van der Waals surface area contributed by atoms with Crippen molar-refractivity contribution in [1.82, 2.24) is 0 Å². The molecule has 0 spiro atoms. The third-order valence-electron chi connectivity index (χ3n) is 17.9. The topological polar surface area (TPSA) is 13.0 Å². The van der Waals surface area contributed by atoms with Crippen LogP contribution in [0.1, 0.15) is 99.9 Å². The molecule has 4 nitrogen and oxygen atoms in total. The van der Waals surface area contributed by atoms with Gasteiger partial charge in [-0.1, -0.05) is 171 Å². The molecule has 0 aliphatic carbocycles. The van der Waals surface area contributed by atoms with Gasteiger partial charge in [-0.3, -0.25) is 0 Å². The van der Waals surface area contributed by atoms with Crippen LogP contribution in [0.4, 0.5) is 68.2 Å². The molecule has 5 heteroatoms. The van der Waals surface area contributed by atoms with Gasteiger partial charge in [-0.15, -0.1) is 0 Å². The third-order valence-corrected chi connectivity index (χ3v) is 17.9. The number of anilines is 12. The van der Waals surface area contributed by atoms with Gasteiger partial charge in [0.05, 0.1) is 34.1 Å². The fourth-order valence-electron chi connectivity index (χ4n) is 14.4. The van der Waals surface area contributed by atoms with E-state index in [1.165, 1.54) is 129 Å². The number of hydrogen-bond acceptors (Lipinski definition) is 4. The Bertz CT molecular complexity index is 3570. The van der Waals surface area contributed by atoms with E-state index in [4.69, 9.17) is 0 Å². The molecule has 6 heterocycles. The van der Waals surface area contributed by atoms with Gasteiger partial charge in [-0.2, -0.15) is 0 Å². The molecule has 0 radical (unpaired) electrons. The minimum Gasteiger partial charge on any atom is -0.311 e. The molecule has 0 saturated carbocycles. The maximum atomic E-state index is 2.67. The van der Waals surface area contributed by atoms with E-state index in [1.807, 2.05) is 0 Å². The molecular weight excluding hydrogens is 860 g/mol. The van der Waals surface area contributed by atoms with Gasteiger partial charge in [0.2, 0.25) is 0 Å². The van der Waals surface area contributed by atoms with Crippen LogP contribution >= 0.6 is 0 Å². The highest BCUT2D eigenvalue weighted by Crippen LogP contribution is 2.62. The van der Waals surface area contributed by atoms with Crippen molar-refractivity contribution in [2.75, 3.05) is 19.6 Å². The van der Waals surface area contributed by atoms with E-state index in [2.05, 4.69) is 263 Å². The van der Waals surface area contributed by atoms with Crippen molar-refractivity contribution in [3.8, 4) is 0 Å². The molecule has 0 bridgehead atoms. The first kappa shape index (κ1) is 41.1. The Balaban J connectivity index is 1.01. The first-order valence-corrected chi connectivity index (χ1v) is 25.6. The lowest BCUT2D eigenvalue weighted by molar-refractivity contribution is 0.608. The predicted octanol–water partition coefficient (Wildman–Crippen LogP) is 15.3. The van der Waals surface area contributed by atoms with Gasteiger partial charge < -0.3 is 19.6 Å². The van der Waals surface area contributed by atoms with Gasteiger partial charge in [0, 0.05) is 55.8 Å². The Morgan fingerprint density at radius 1 is 0.268 bits per heavy atom. The third kappa shape index (κ3) is 5.01. The molecule has 0 amide bonds. The van der Waals surface area contributed by atoms with Crippen molar-refractivity contribution in [2.24, 2.45) is 0 Å². The predicted molar refractivity (Wildman–Crippen MR) is 298 cm³/mol. The van der Waals surface area contributed by atoms with Gasteiger partial charge in [-0.25, -0.2) is 0 Å². The number of hydrogen-bond donors (Lipinski definition) is 0. The van der Waals surface area contributed by atoms with E-state index >= 15 is 0 Å². The van der Waals surface area contributed by atoms with Crippen LogP contribution in [0.25, 0.3) is 0 Å². The van der Waals surface area contributed by atoms with E-state index in [0.29, 0.717) is 0 Å². The summed E-state index contributed by atoms with van der Waals surface area (Å²) in [7, 11) is 0. The Morgan fingerprint density at radius 3 is 1.01 bits per heavy atom. The number of fused-ring (bicyclic) bond motifs is 12. The highest BCUT2D eigenvalue weighted by Gasteiger charge is 2.52. The fourth-order valence-corrected chi connectivity index (χ4v) is 14.4. The first-order chi connectivity index (χ1) is 34.3. The SMILES string of the molecule is CC1(C)c2ccccc2N(c2ccccc2)c2cc3c(cc21)C(C)(C)c1cccc2c1N3c1cccc3c1B2c1cccc2c1N3c1cc3c(cc1C2(C)C)C(C)(C)c1ccccc1N3c1ccccc1. The van der Waals surface area contributed by atoms with Gasteiger partial charge in [0.1, 0.15) is 0 Å². The van der Waals surface area contributed by atoms with E-state index in [0.717, 1.165) is 0 Å². The second-order valence-corrected chi connectivity index (χ2v) is 22.9. The summed E-state index contributed by atoms with van der Waals surface area (Å²) in [5.41, 5.74) is 28.9. The second-order valence-electron chi connectivity index (χ2n) is 22.9. The van der Waals surface area contributed by atoms with Crippen molar-refractivity contribution in [1.29, 1.82) is 0 Å². The molecule has 0 unspecified atom stereocenters. The summed E-state index contributed by atoms with van der Waals surface area (Å²) >= 11 is 0. The molecular formula is C66H55BN4. The van der Waals surface area contributed by atoms with Gasteiger partial charge in [-0.05, 0) is 134 Å². The van der Waals surface area contributed by atoms with Crippen molar-refractivity contribution in [3.63, 3.8) is 0 Å². The van der Waals surface area contributed by atoms with Crippen LogP contribution in [-0.2, 0) is 21.7 Å². The van der Waals surface area contributed by atoms with Gasteiger partial charge >= 0.3 is 0 Å². The molecule has 0 atom stereocenters. The molecule has 9 aromatic rings. The van der Waals surface area contributed by atoms with Crippen LogP contribution in [-0.4, -0.2) is 6.71 Å². The monoisotopic (exact) mass is 914 g/mol. The smallest absolute Gasteiger partial charge is 0.252 e. The summed E-state index contributed by atoms with van der Waals surface area (Å²) in [5, 5.41) is 0. The van der Waals surface area contributed by atoms with Crippen molar-refractivity contribution in [3.05, 3.63) is 233 Å². The zero-order valence-electron chi connectivity index (χ0n) is 41.8. The lowest BCUT2D eigenvalue weighted by Gasteiger charge is -2.53. The normalized spacial score (nSPS) is 17.6. The summed E-state index contributed by atoms with van der Waals surface area (Å²) in [6.45, 7) is 19.5. The number of para-hydroxylation sites is 6. The highest BCUT2D eigenvalue weighted by molar-refractivity contribution is 7.00. The summed E-state index contributed by atoms with van der Waals surface area (Å²) in [4.78, 5) is 10.4. The van der Waals surface area contributed by atoms with Crippen LogP contribution in [0.15, 0.2) is 188 Å². The molecule has 9 aromatic carbocycles. The zero-order valence-corrected chi connectivity index (χ0v) is 41.8. The number of nitrogens with zero attached hydrogens (tertiary/aromatic N) is 4. The Morgan fingerprint density at radius 2 is 0.592 bits per heavy atom. The molecule has 15 rings (SSSR count). The Hall–Kier alpha value is -7.76. The standard InChI is InChI=1S/C66H55BN4/c1-63(2)42-26-15-17-32-52(42)68(40-22-11-9-12-23-40)56-38-58-48(36-46(56)63)65(5,6)44-28-19-30-50-61(44)70(58)54-34-21-35-55-60(54)67(50)51-31-20-29-45-62(51)71(55)59-39-57-47(37-49(59)66(45,7)8)64(3,4)43-27-16-18-33-53(43)69(57)41-24-13-10-14-25-41/h9-39H,1-8H3. The van der Waals surface area contributed by atoms with E-state index < -0.39 is 0 Å². The zero-order chi connectivity index (χ0) is 48.1. The minimum absolute atomic E-state index is 0.0433. The van der Waals surface area contributed by atoms with E-state index in [9.17, 15) is 0 Å². The maximum absolute atomic E-state index is 2.67. The summed E-state index contributed by atoms with van der Waals surface area (Å²) in [6, 6.07) is 71.8. The lowest BCUT2D eigenvalue weighted by atomic mass is 9.32. The molecule has 0 saturated heterocycles. The molecule has 0 N–H and O–H groups in total. The van der Waals surface area contributed by atoms with Crippen molar-refractivity contribution in [2.45, 2.75) is 77.0 Å². The van der Waals surface area contributed by atoms with Gasteiger partial charge in [0.25, 0.3) is 6.71 Å². The summed E-state index contributed by atoms with van der Waals surface area (Å²) in [5.74, 6) is 0. The quantitative estimate of drug-likeness (QED) is 0.160. The largest absolute Gasteiger partial charge is 0.311 e. The Labute approximate surface area is 418 Å². The summed E-state index contributed by atoms with van der Waals surface area (Å²) < 4.78 is 0. The van der Waals surface area contributed by atoms with Crippen LogP contribution in [0.5, 0.6) is 0 Å². The van der Waals surface area contributed by atoms with Crippen molar-refractivity contribution >= 4 is 91.3 Å². The molecule has 0 fully saturated rings. The molecule has 342 valence electrons. The van der Waals surface area contributed by atoms with Crippen molar-refractivity contribution < 1.29 is 0 Å². The number of benzene rings is 9.